The Morgan fingerprint density at radius 3 is 2.27 bits per heavy atom. The van der Waals surface area contributed by atoms with Crippen molar-refractivity contribution in [1.29, 1.82) is 0 Å². The van der Waals surface area contributed by atoms with Gasteiger partial charge in [0.25, 0.3) is 0 Å². The van der Waals surface area contributed by atoms with Gasteiger partial charge in [0, 0.05) is 23.3 Å². The number of benzene rings is 3. The highest BCUT2D eigenvalue weighted by molar-refractivity contribution is 7.90. The summed E-state index contributed by atoms with van der Waals surface area (Å²) in [6, 6.07) is 19.7. The minimum Gasteiger partial charge on any atom is -0.481 e. The Balaban J connectivity index is 1.42. The zero-order valence-corrected chi connectivity index (χ0v) is 22.1. The molecular weight excluding hydrogens is 512 g/mol. The molecule has 1 N–H and O–H groups in total. The van der Waals surface area contributed by atoms with E-state index in [1.54, 1.807) is 42.5 Å². The molecule has 0 saturated heterocycles. The zero-order chi connectivity index (χ0) is 26.6. The number of hydrogen-bond acceptors (Lipinski definition) is 5. The number of Topliss-reactive ketones (excluding diaryl/α,β-unsaturated/α-hetero) is 1. The molecule has 6 nitrogen and oxygen atoms in total. The first-order valence-electron chi connectivity index (χ1n) is 12.1. The number of aryl methyl sites for hydroxylation is 1. The number of aliphatic carboxylic acids is 1. The monoisotopic (exact) mass is 540 g/mol. The van der Waals surface area contributed by atoms with Crippen LogP contribution in [0.2, 0.25) is 5.02 Å². The van der Waals surface area contributed by atoms with Gasteiger partial charge in [-0.1, -0.05) is 35.9 Å². The van der Waals surface area contributed by atoms with Gasteiger partial charge in [-0.3, -0.25) is 9.59 Å². The molecule has 0 aliphatic heterocycles. The van der Waals surface area contributed by atoms with E-state index in [0.29, 0.717) is 39.6 Å². The quantitative estimate of drug-likeness (QED) is 0.281. The molecule has 0 heterocycles. The average Bonchev–Trinajstić information content (AvgIpc) is 3.64. The zero-order valence-electron chi connectivity index (χ0n) is 20.6. The number of ketones is 1. The van der Waals surface area contributed by atoms with Crippen molar-refractivity contribution in [2.24, 2.45) is 0 Å². The van der Waals surface area contributed by atoms with E-state index in [1.165, 1.54) is 5.56 Å². The Morgan fingerprint density at radius 2 is 1.68 bits per heavy atom. The number of carboxylic acids is 1. The standard InChI is InChI=1S/C29H29ClO6S/c1-37(34,35)17-13-22-18-20(19-28(32)33)2-11-27(22)36-25-9-3-21(4-10-25)26(31)12-14-29(15-16-29)23-5-7-24(30)8-6-23/h2-11,18H,12-17,19H2,1H3,(H,32,33). The number of ether oxygens (including phenoxy) is 1. The molecule has 194 valence electrons. The van der Waals surface area contributed by atoms with Gasteiger partial charge in [-0.2, -0.15) is 0 Å². The molecule has 3 aromatic carbocycles. The fraction of sp³-hybridized carbons (Fsp3) is 0.310. The lowest BCUT2D eigenvalue weighted by Crippen LogP contribution is -2.10. The molecule has 0 aromatic heterocycles. The highest BCUT2D eigenvalue weighted by atomic mass is 35.5. The SMILES string of the molecule is CS(=O)(=O)CCc1cc(CC(=O)O)ccc1Oc1ccc(C(=O)CCC2(c3ccc(Cl)cc3)CC2)cc1. The number of carbonyl (C=O) groups excluding carboxylic acids is 1. The highest BCUT2D eigenvalue weighted by Gasteiger charge is 2.43. The van der Waals surface area contributed by atoms with Gasteiger partial charge in [0.05, 0.1) is 12.2 Å². The molecule has 0 amide bonds. The molecule has 1 aliphatic rings. The second-order valence-electron chi connectivity index (χ2n) is 9.73. The van der Waals surface area contributed by atoms with Crippen molar-refractivity contribution in [1.82, 2.24) is 0 Å². The fourth-order valence-corrected chi connectivity index (χ4v) is 5.19. The average molecular weight is 541 g/mol. The topological polar surface area (TPSA) is 97.7 Å². The minimum absolute atomic E-state index is 0.0679. The molecule has 8 heteroatoms. The van der Waals surface area contributed by atoms with E-state index in [9.17, 15) is 18.0 Å². The van der Waals surface area contributed by atoms with Crippen LogP contribution in [0.25, 0.3) is 0 Å². The third kappa shape index (κ3) is 7.43. The largest absolute Gasteiger partial charge is 0.481 e. The Morgan fingerprint density at radius 1 is 1.00 bits per heavy atom. The third-order valence-electron chi connectivity index (χ3n) is 6.77. The predicted octanol–water partition coefficient (Wildman–Crippen LogP) is 6.04. The number of carbonyl (C=O) groups is 2. The van der Waals surface area contributed by atoms with Crippen molar-refractivity contribution in [3.05, 3.63) is 94.0 Å². The number of sulfone groups is 1. The van der Waals surface area contributed by atoms with Crippen LogP contribution >= 0.6 is 11.6 Å². The molecule has 37 heavy (non-hydrogen) atoms. The van der Waals surface area contributed by atoms with Gasteiger partial charge in [0.15, 0.2) is 5.78 Å². The summed E-state index contributed by atoms with van der Waals surface area (Å²) in [4.78, 5) is 24.0. The molecule has 1 aliphatic carbocycles. The third-order valence-corrected chi connectivity index (χ3v) is 7.96. The second kappa shape index (κ2) is 11.1. The minimum atomic E-state index is -3.21. The first-order chi connectivity index (χ1) is 17.5. The van der Waals surface area contributed by atoms with Gasteiger partial charge in [-0.15, -0.1) is 0 Å². The number of hydrogen-bond donors (Lipinski definition) is 1. The van der Waals surface area contributed by atoms with Gasteiger partial charge in [0.1, 0.15) is 21.3 Å². The predicted molar refractivity (Wildman–Crippen MR) is 144 cm³/mol. The molecule has 0 spiro atoms. The maximum Gasteiger partial charge on any atom is 0.307 e. The molecule has 1 saturated carbocycles. The van der Waals surface area contributed by atoms with E-state index in [4.69, 9.17) is 21.4 Å². The van der Waals surface area contributed by atoms with Gasteiger partial charge in [-0.05, 0) is 90.3 Å². The van der Waals surface area contributed by atoms with Crippen molar-refractivity contribution < 1.29 is 27.9 Å². The first kappa shape index (κ1) is 26.9. The second-order valence-corrected chi connectivity index (χ2v) is 12.4. The van der Waals surface area contributed by atoms with Crippen molar-refractivity contribution in [3.63, 3.8) is 0 Å². The fourth-order valence-electron chi connectivity index (χ4n) is 4.48. The lowest BCUT2D eigenvalue weighted by Gasteiger charge is -2.15. The van der Waals surface area contributed by atoms with Gasteiger partial charge in [-0.25, -0.2) is 8.42 Å². The van der Waals surface area contributed by atoms with E-state index in [-0.39, 0.29) is 29.8 Å². The van der Waals surface area contributed by atoms with Crippen LogP contribution in [-0.4, -0.2) is 37.3 Å². The van der Waals surface area contributed by atoms with Gasteiger partial charge >= 0.3 is 5.97 Å². The van der Waals surface area contributed by atoms with Crippen LogP contribution in [0.4, 0.5) is 0 Å². The van der Waals surface area contributed by atoms with Crippen LogP contribution in [0.5, 0.6) is 11.5 Å². The molecular formula is C29H29ClO6S. The van der Waals surface area contributed by atoms with E-state index >= 15 is 0 Å². The van der Waals surface area contributed by atoms with Crippen LogP contribution in [-0.2, 0) is 32.9 Å². The van der Waals surface area contributed by atoms with Crippen LogP contribution in [0.15, 0.2) is 66.7 Å². The van der Waals surface area contributed by atoms with Crippen molar-refractivity contribution in [2.45, 2.75) is 43.9 Å². The number of halogens is 1. The lowest BCUT2D eigenvalue weighted by atomic mass is 9.89. The van der Waals surface area contributed by atoms with Crippen LogP contribution < -0.4 is 4.74 Å². The van der Waals surface area contributed by atoms with Crippen molar-refractivity contribution in [2.75, 3.05) is 12.0 Å². The summed E-state index contributed by atoms with van der Waals surface area (Å²) in [6.45, 7) is 0. The summed E-state index contributed by atoms with van der Waals surface area (Å²) in [5, 5.41) is 9.79. The van der Waals surface area contributed by atoms with Gasteiger partial charge < -0.3 is 9.84 Å². The first-order valence-corrected chi connectivity index (χ1v) is 14.6. The summed E-state index contributed by atoms with van der Waals surface area (Å²) in [5.41, 5.74) is 3.08. The maximum atomic E-state index is 12.9. The molecule has 0 unspecified atom stereocenters. The van der Waals surface area contributed by atoms with E-state index in [1.807, 2.05) is 24.3 Å². The van der Waals surface area contributed by atoms with Crippen molar-refractivity contribution in [3.8, 4) is 11.5 Å². The molecule has 0 atom stereocenters. The Bertz CT molecular complexity index is 1390. The summed E-state index contributed by atoms with van der Waals surface area (Å²) in [6.07, 6.45) is 4.57. The summed E-state index contributed by atoms with van der Waals surface area (Å²) >= 11 is 6.01. The van der Waals surface area contributed by atoms with Crippen molar-refractivity contribution >= 4 is 33.2 Å². The number of rotatable bonds is 12. The Labute approximate surface area is 222 Å². The summed E-state index contributed by atoms with van der Waals surface area (Å²) in [7, 11) is -3.21. The van der Waals surface area contributed by atoms with E-state index in [0.717, 1.165) is 25.5 Å². The van der Waals surface area contributed by atoms with Crippen LogP contribution in [0, 0.1) is 0 Å². The lowest BCUT2D eigenvalue weighted by molar-refractivity contribution is -0.136. The highest BCUT2D eigenvalue weighted by Crippen LogP contribution is 2.52. The van der Waals surface area contributed by atoms with Crippen LogP contribution in [0.3, 0.4) is 0 Å². The molecule has 0 bridgehead atoms. The summed E-state index contributed by atoms with van der Waals surface area (Å²) in [5.74, 6) is -0.0222. The number of carboxylic acid groups (broad SMARTS) is 1. The van der Waals surface area contributed by atoms with E-state index < -0.39 is 15.8 Å². The van der Waals surface area contributed by atoms with E-state index in [2.05, 4.69) is 0 Å². The maximum absolute atomic E-state index is 12.9. The van der Waals surface area contributed by atoms with Crippen LogP contribution in [0.1, 0.15) is 52.7 Å². The molecule has 1 fully saturated rings. The molecule has 0 radical (unpaired) electrons. The smallest absolute Gasteiger partial charge is 0.307 e. The van der Waals surface area contributed by atoms with Gasteiger partial charge in [0.2, 0.25) is 0 Å². The Hall–Kier alpha value is -3.16. The normalized spacial score (nSPS) is 14.2. The summed E-state index contributed by atoms with van der Waals surface area (Å²) < 4.78 is 29.4. The molecule has 3 aromatic rings. The molecule has 4 rings (SSSR count). The Kier molecular flexibility index (Phi) is 8.05.